The Bertz CT molecular complexity index is 626. The lowest BCUT2D eigenvalue weighted by molar-refractivity contribution is -0.118. The molecule has 0 spiro atoms. The van der Waals surface area contributed by atoms with Crippen LogP contribution in [-0.2, 0) is 17.3 Å². The molecule has 4 nitrogen and oxygen atoms in total. The molecular formula is C15H17N3O. The Kier molecular flexibility index (Phi) is 2.66. The number of amides is 1. The second-order valence-corrected chi connectivity index (χ2v) is 5.28. The molecule has 1 fully saturated rings. The fourth-order valence-corrected chi connectivity index (χ4v) is 2.43. The quantitative estimate of drug-likeness (QED) is 0.915. The van der Waals surface area contributed by atoms with E-state index in [4.69, 9.17) is 0 Å². The number of benzene rings is 1. The Balaban J connectivity index is 1.83. The Morgan fingerprint density at radius 2 is 2.16 bits per heavy atom. The third-order valence-corrected chi connectivity index (χ3v) is 3.71. The summed E-state index contributed by atoms with van der Waals surface area (Å²) in [6.45, 7) is 2.05. The number of anilines is 1. The van der Waals surface area contributed by atoms with Crippen LogP contribution in [0.4, 0.5) is 5.82 Å². The van der Waals surface area contributed by atoms with Gasteiger partial charge in [0.05, 0.1) is 5.41 Å². The van der Waals surface area contributed by atoms with E-state index in [1.54, 1.807) is 4.68 Å². The second kappa shape index (κ2) is 4.23. The van der Waals surface area contributed by atoms with Gasteiger partial charge in [0.15, 0.2) is 5.82 Å². The van der Waals surface area contributed by atoms with E-state index in [1.165, 1.54) is 5.56 Å². The van der Waals surface area contributed by atoms with Crippen molar-refractivity contribution in [2.24, 2.45) is 7.05 Å². The van der Waals surface area contributed by atoms with Gasteiger partial charge in [0.1, 0.15) is 0 Å². The molecule has 0 radical (unpaired) electrons. The number of aryl methyl sites for hydroxylation is 2. The van der Waals surface area contributed by atoms with Gasteiger partial charge in [-0.2, -0.15) is 5.10 Å². The summed E-state index contributed by atoms with van der Waals surface area (Å²) in [6, 6.07) is 10.0. The summed E-state index contributed by atoms with van der Waals surface area (Å²) in [4.78, 5) is 12.5. The maximum absolute atomic E-state index is 12.5. The molecule has 0 aliphatic heterocycles. The van der Waals surface area contributed by atoms with Crippen molar-refractivity contribution in [3.05, 3.63) is 47.7 Å². The monoisotopic (exact) mass is 255 g/mol. The molecule has 1 aromatic heterocycles. The van der Waals surface area contributed by atoms with E-state index in [1.807, 2.05) is 31.4 Å². The molecule has 1 amide bonds. The molecule has 4 heteroatoms. The van der Waals surface area contributed by atoms with Crippen molar-refractivity contribution in [2.45, 2.75) is 25.2 Å². The van der Waals surface area contributed by atoms with Crippen molar-refractivity contribution >= 4 is 11.7 Å². The van der Waals surface area contributed by atoms with E-state index >= 15 is 0 Å². The van der Waals surface area contributed by atoms with Gasteiger partial charge in [-0.25, -0.2) is 0 Å². The highest BCUT2D eigenvalue weighted by Crippen LogP contribution is 2.49. The third kappa shape index (κ3) is 2.14. The highest BCUT2D eigenvalue weighted by atomic mass is 16.2. The number of rotatable bonds is 3. The first-order valence-corrected chi connectivity index (χ1v) is 6.48. The molecule has 1 aliphatic carbocycles. The van der Waals surface area contributed by atoms with Gasteiger partial charge in [-0.05, 0) is 25.3 Å². The molecule has 0 unspecified atom stereocenters. The molecule has 0 bridgehead atoms. The topological polar surface area (TPSA) is 46.9 Å². The second-order valence-electron chi connectivity index (χ2n) is 5.28. The number of carbonyl (C=O) groups excluding carboxylic acids is 1. The normalized spacial score (nSPS) is 16.1. The third-order valence-electron chi connectivity index (χ3n) is 3.71. The van der Waals surface area contributed by atoms with Crippen molar-refractivity contribution in [2.75, 3.05) is 5.32 Å². The minimum absolute atomic E-state index is 0.0526. The predicted octanol–water partition coefficient (Wildman–Crippen LogP) is 2.40. The molecule has 3 rings (SSSR count). The molecule has 0 saturated heterocycles. The molecule has 19 heavy (non-hydrogen) atoms. The fourth-order valence-electron chi connectivity index (χ4n) is 2.43. The number of hydrogen-bond donors (Lipinski definition) is 1. The summed E-state index contributed by atoms with van der Waals surface area (Å²) in [5.41, 5.74) is 1.96. The average molecular weight is 255 g/mol. The van der Waals surface area contributed by atoms with Crippen LogP contribution in [-0.4, -0.2) is 15.7 Å². The van der Waals surface area contributed by atoms with Crippen LogP contribution in [0.2, 0.25) is 0 Å². The summed E-state index contributed by atoms with van der Waals surface area (Å²) in [7, 11) is 1.84. The molecule has 98 valence electrons. The van der Waals surface area contributed by atoms with Crippen LogP contribution in [0.5, 0.6) is 0 Å². The van der Waals surface area contributed by atoms with Crippen LogP contribution < -0.4 is 5.32 Å². The van der Waals surface area contributed by atoms with Gasteiger partial charge >= 0.3 is 0 Å². The SMILES string of the molecule is Cc1cccc(C2(C(=O)Nc3ccn(C)n3)CC2)c1. The van der Waals surface area contributed by atoms with E-state index in [-0.39, 0.29) is 11.3 Å². The van der Waals surface area contributed by atoms with E-state index in [0.29, 0.717) is 5.82 Å². The van der Waals surface area contributed by atoms with Crippen molar-refractivity contribution in [1.29, 1.82) is 0 Å². The Morgan fingerprint density at radius 1 is 1.37 bits per heavy atom. The van der Waals surface area contributed by atoms with Crippen LogP contribution in [0.15, 0.2) is 36.5 Å². The summed E-state index contributed by atoms with van der Waals surface area (Å²) in [6.07, 6.45) is 3.64. The van der Waals surface area contributed by atoms with E-state index in [9.17, 15) is 4.79 Å². The average Bonchev–Trinajstić information content (AvgIpc) is 3.09. The zero-order valence-corrected chi connectivity index (χ0v) is 11.2. The number of nitrogens with zero attached hydrogens (tertiary/aromatic N) is 2. The highest BCUT2D eigenvalue weighted by Gasteiger charge is 2.51. The number of aromatic nitrogens is 2. The molecule has 0 atom stereocenters. The van der Waals surface area contributed by atoms with Crippen molar-refractivity contribution in [1.82, 2.24) is 9.78 Å². The van der Waals surface area contributed by atoms with Crippen LogP contribution in [0.25, 0.3) is 0 Å². The molecule has 1 N–H and O–H groups in total. The maximum atomic E-state index is 12.5. The summed E-state index contributed by atoms with van der Waals surface area (Å²) < 4.78 is 1.68. The van der Waals surface area contributed by atoms with E-state index in [2.05, 4.69) is 29.5 Å². The van der Waals surface area contributed by atoms with Crippen molar-refractivity contribution < 1.29 is 4.79 Å². The number of nitrogens with one attached hydrogen (secondary N) is 1. The van der Waals surface area contributed by atoms with Gasteiger partial charge in [-0.15, -0.1) is 0 Å². The van der Waals surface area contributed by atoms with Gasteiger partial charge in [0.2, 0.25) is 5.91 Å². The summed E-state index contributed by atoms with van der Waals surface area (Å²) in [5.74, 6) is 0.670. The van der Waals surface area contributed by atoms with Gasteiger partial charge < -0.3 is 5.32 Å². The van der Waals surface area contributed by atoms with Gasteiger partial charge in [0, 0.05) is 19.3 Å². The van der Waals surface area contributed by atoms with Crippen LogP contribution in [0, 0.1) is 6.92 Å². The van der Waals surface area contributed by atoms with E-state index < -0.39 is 0 Å². The molecule has 1 aromatic carbocycles. The van der Waals surface area contributed by atoms with E-state index in [0.717, 1.165) is 18.4 Å². The largest absolute Gasteiger partial charge is 0.308 e. The molecule has 2 aromatic rings. The van der Waals surface area contributed by atoms with Crippen molar-refractivity contribution in [3.8, 4) is 0 Å². The highest BCUT2D eigenvalue weighted by molar-refractivity contribution is 6.00. The minimum atomic E-state index is -0.344. The molecule has 1 saturated carbocycles. The number of carbonyl (C=O) groups is 1. The fraction of sp³-hybridized carbons (Fsp3) is 0.333. The van der Waals surface area contributed by atoms with Gasteiger partial charge in [-0.1, -0.05) is 29.8 Å². The van der Waals surface area contributed by atoms with Crippen molar-refractivity contribution in [3.63, 3.8) is 0 Å². The Hall–Kier alpha value is -2.10. The Labute approximate surface area is 112 Å². The maximum Gasteiger partial charge on any atom is 0.236 e. The first-order chi connectivity index (χ1) is 9.10. The smallest absolute Gasteiger partial charge is 0.236 e. The molecular weight excluding hydrogens is 238 g/mol. The predicted molar refractivity (Wildman–Crippen MR) is 73.9 cm³/mol. The summed E-state index contributed by atoms with van der Waals surface area (Å²) >= 11 is 0. The Morgan fingerprint density at radius 3 is 2.74 bits per heavy atom. The zero-order chi connectivity index (χ0) is 13.5. The van der Waals surface area contributed by atoms with Crippen LogP contribution in [0.1, 0.15) is 24.0 Å². The zero-order valence-electron chi connectivity index (χ0n) is 11.2. The standard InChI is InChI=1S/C15H17N3O/c1-11-4-3-5-12(10-11)15(7-8-15)14(19)16-13-6-9-18(2)17-13/h3-6,9-10H,7-8H2,1-2H3,(H,16,17,19). The van der Waals surface area contributed by atoms with Crippen LogP contribution in [0.3, 0.4) is 0 Å². The molecule has 1 aliphatic rings. The lowest BCUT2D eigenvalue weighted by Gasteiger charge is -2.15. The van der Waals surface area contributed by atoms with Gasteiger partial charge in [-0.3, -0.25) is 9.48 Å². The summed E-state index contributed by atoms with van der Waals surface area (Å²) in [5, 5.41) is 7.10. The first kappa shape index (κ1) is 12.0. The minimum Gasteiger partial charge on any atom is -0.308 e. The molecule has 1 heterocycles. The first-order valence-electron chi connectivity index (χ1n) is 6.48. The lowest BCUT2D eigenvalue weighted by atomic mass is 9.93. The lowest BCUT2D eigenvalue weighted by Crippen LogP contribution is -2.28. The number of hydrogen-bond acceptors (Lipinski definition) is 2. The van der Waals surface area contributed by atoms with Crippen LogP contribution >= 0.6 is 0 Å². The van der Waals surface area contributed by atoms with Gasteiger partial charge in [0.25, 0.3) is 0 Å².